The van der Waals surface area contributed by atoms with Crippen molar-refractivity contribution < 1.29 is 28.9 Å². The summed E-state index contributed by atoms with van der Waals surface area (Å²) in [5.41, 5.74) is 7.12. The first-order valence-electron chi connectivity index (χ1n) is 9.00. The second-order valence-electron chi connectivity index (χ2n) is 6.39. The van der Waals surface area contributed by atoms with Gasteiger partial charge in [-0.05, 0) is 28.7 Å². The lowest BCUT2D eigenvalue weighted by atomic mass is 9.87. The van der Waals surface area contributed by atoms with Gasteiger partial charge in [-0.15, -0.1) is 0 Å². The number of rotatable bonds is 9. The fourth-order valence-corrected chi connectivity index (χ4v) is 3.58. The molecule has 1 atom stereocenters. The van der Waals surface area contributed by atoms with Crippen LogP contribution in [0.25, 0.3) is 11.1 Å². The largest absolute Gasteiger partial charge is 0.478 e. The Balaban J connectivity index is 2.04. The minimum Gasteiger partial charge on any atom is -0.478 e. The molecule has 1 unspecified atom stereocenters. The molecule has 0 heterocycles. The molecule has 0 spiro atoms. The molecule has 7 nitrogen and oxygen atoms in total. The van der Waals surface area contributed by atoms with Crippen molar-refractivity contribution in [3.63, 3.8) is 0 Å². The molecule has 3 rings (SSSR count). The lowest BCUT2D eigenvalue weighted by molar-refractivity contribution is -0.189. The number of fused-ring (bicyclic) bond motifs is 3. The zero-order valence-electron chi connectivity index (χ0n) is 15.6. The highest BCUT2D eigenvalue weighted by atomic mass is 16.6. The summed E-state index contributed by atoms with van der Waals surface area (Å²) >= 11 is 0. The third kappa shape index (κ3) is 3.40. The maximum absolute atomic E-state index is 12.7. The molecule has 0 bridgehead atoms. The van der Waals surface area contributed by atoms with Gasteiger partial charge in [0.05, 0.1) is 26.9 Å². The second kappa shape index (κ2) is 8.52. The van der Waals surface area contributed by atoms with Crippen molar-refractivity contribution in [2.45, 2.75) is 12.0 Å². The Kier molecular flexibility index (Phi) is 6.08. The molecule has 0 saturated heterocycles. The van der Waals surface area contributed by atoms with E-state index in [9.17, 15) is 14.7 Å². The highest BCUT2D eigenvalue weighted by Gasteiger charge is 2.53. The van der Waals surface area contributed by atoms with Gasteiger partial charge in [0, 0.05) is 12.1 Å². The van der Waals surface area contributed by atoms with Crippen LogP contribution in [-0.2, 0) is 35.8 Å². The van der Waals surface area contributed by atoms with Gasteiger partial charge >= 0.3 is 11.9 Å². The maximum Gasteiger partial charge on any atom is 0.354 e. The van der Waals surface area contributed by atoms with Crippen molar-refractivity contribution >= 4 is 11.9 Å². The van der Waals surface area contributed by atoms with E-state index in [1.807, 2.05) is 30.3 Å². The molecule has 148 valence electrons. The molecule has 0 fully saturated rings. The van der Waals surface area contributed by atoms with Crippen molar-refractivity contribution in [1.82, 2.24) is 0 Å². The van der Waals surface area contributed by atoms with Crippen LogP contribution in [0.2, 0.25) is 0 Å². The smallest absolute Gasteiger partial charge is 0.354 e. The number of benzene rings is 2. The van der Waals surface area contributed by atoms with E-state index in [0.29, 0.717) is 19.6 Å². The Morgan fingerprint density at radius 2 is 1.82 bits per heavy atom. The fraction of sp³-hybridized carbons (Fsp3) is 0.333. The minimum atomic E-state index is -2.27. The highest BCUT2D eigenvalue weighted by molar-refractivity contribution is 6.04. The Labute approximate surface area is 163 Å². The van der Waals surface area contributed by atoms with Gasteiger partial charge in [0.2, 0.25) is 0 Å². The number of carboxylic acid groups (broad SMARTS) is 1. The van der Waals surface area contributed by atoms with Crippen molar-refractivity contribution in [2.75, 3.05) is 33.5 Å². The molecule has 7 heteroatoms. The van der Waals surface area contributed by atoms with E-state index in [1.54, 1.807) is 12.1 Å². The number of methoxy groups -OCH3 is 1. The Bertz CT molecular complexity index is 881. The first kappa shape index (κ1) is 20.0. The van der Waals surface area contributed by atoms with E-state index in [4.69, 9.17) is 19.9 Å². The quantitative estimate of drug-likeness (QED) is 0.328. The van der Waals surface area contributed by atoms with Crippen LogP contribution in [0, 0.1) is 0 Å². The van der Waals surface area contributed by atoms with E-state index >= 15 is 0 Å². The summed E-state index contributed by atoms with van der Waals surface area (Å²) in [4.78, 5) is 25.0. The van der Waals surface area contributed by atoms with E-state index in [0.717, 1.165) is 29.4 Å². The molecule has 0 amide bonds. The van der Waals surface area contributed by atoms with E-state index in [2.05, 4.69) is 0 Å². The van der Waals surface area contributed by atoms with Gasteiger partial charge in [0.1, 0.15) is 0 Å². The molecular formula is C21H23NO6. The number of aliphatic carboxylic acids is 1. The normalized spacial score (nSPS) is 14.1. The summed E-state index contributed by atoms with van der Waals surface area (Å²) in [5, 5.41) is 10.0. The average Bonchev–Trinajstić information content (AvgIpc) is 3.09. The number of ether oxygens (including phenoxy) is 3. The first-order valence-corrected chi connectivity index (χ1v) is 9.00. The van der Waals surface area contributed by atoms with Crippen LogP contribution in [0.1, 0.15) is 16.7 Å². The summed E-state index contributed by atoms with van der Waals surface area (Å²) in [6.07, 6.45) is 0.515. The molecular weight excluding hydrogens is 362 g/mol. The SMILES string of the molecule is COC(=O)C(OCCOCCN)(C(=O)O)c1cccc2c1Cc1ccccc1-2. The Morgan fingerprint density at radius 1 is 1.07 bits per heavy atom. The van der Waals surface area contributed by atoms with Crippen LogP contribution in [-0.4, -0.2) is 50.5 Å². The van der Waals surface area contributed by atoms with Crippen molar-refractivity contribution in [3.05, 3.63) is 59.2 Å². The first-order chi connectivity index (χ1) is 13.6. The number of carbonyl (C=O) groups is 2. The van der Waals surface area contributed by atoms with Gasteiger partial charge in [-0.1, -0.05) is 42.5 Å². The highest BCUT2D eigenvalue weighted by Crippen LogP contribution is 2.42. The van der Waals surface area contributed by atoms with Crippen LogP contribution < -0.4 is 5.73 Å². The van der Waals surface area contributed by atoms with Crippen molar-refractivity contribution in [3.8, 4) is 11.1 Å². The molecule has 0 saturated carbocycles. The number of nitrogens with two attached hydrogens (primary N) is 1. The molecule has 28 heavy (non-hydrogen) atoms. The molecule has 0 aliphatic heterocycles. The zero-order valence-corrected chi connectivity index (χ0v) is 15.6. The number of hydrogen-bond donors (Lipinski definition) is 2. The fourth-order valence-electron chi connectivity index (χ4n) is 3.58. The van der Waals surface area contributed by atoms with Crippen molar-refractivity contribution in [2.24, 2.45) is 5.73 Å². The lowest BCUT2D eigenvalue weighted by Crippen LogP contribution is -2.48. The van der Waals surface area contributed by atoms with Gasteiger partial charge in [0.15, 0.2) is 0 Å². The summed E-state index contributed by atoms with van der Waals surface area (Å²) in [5.74, 6) is -2.41. The maximum atomic E-state index is 12.7. The minimum absolute atomic E-state index is 0.0992. The summed E-state index contributed by atoms with van der Waals surface area (Å²) < 4.78 is 15.8. The monoisotopic (exact) mass is 385 g/mol. The number of esters is 1. The average molecular weight is 385 g/mol. The van der Waals surface area contributed by atoms with Crippen LogP contribution in [0.15, 0.2) is 42.5 Å². The van der Waals surface area contributed by atoms with Crippen LogP contribution in [0.3, 0.4) is 0 Å². The molecule has 1 aliphatic rings. The summed E-state index contributed by atoms with van der Waals surface area (Å²) in [6.45, 7) is 0.666. The lowest BCUT2D eigenvalue weighted by Gasteiger charge is -2.29. The number of carbonyl (C=O) groups excluding carboxylic acids is 1. The van der Waals surface area contributed by atoms with Crippen molar-refractivity contribution in [1.29, 1.82) is 0 Å². The molecule has 2 aromatic rings. The predicted molar refractivity (Wildman–Crippen MR) is 102 cm³/mol. The molecule has 3 N–H and O–H groups in total. The van der Waals surface area contributed by atoms with E-state index in [-0.39, 0.29) is 18.8 Å². The van der Waals surface area contributed by atoms with Gasteiger partial charge in [-0.3, -0.25) is 0 Å². The van der Waals surface area contributed by atoms with Crippen LogP contribution >= 0.6 is 0 Å². The van der Waals surface area contributed by atoms with Crippen LogP contribution in [0.4, 0.5) is 0 Å². The molecule has 2 aromatic carbocycles. The molecule has 0 aromatic heterocycles. The summed E-state index contributed by atoms with van der Waals surface area (Å²) in [6, 6.07) is 13.1. The van der Waals surface area contributed by atoms with Gasteiger partial charge < -0.3 is 25.1 Å². The third-order valence-electron chi connectivity index (χ3n) is 4.81. The van der Waals surface area contributed by atoms with Gasteiger partial charge in [-0.25, -0.2) is 9.59 Å². The van der Waals surface area contributed by atoms with E-state index < -0.39 is 17.5 Å². The number of hydrogen-bond acceptors (Lipinski definition) is 6. The van der Waals surface area contributed by atoms with Gasteiger partial charge in [0.25, 0.3) is 5.60 Å². The third-order valence-corrected chi connectivity index (χ3v) is 4.81. The summed E-state index contributed by atoms with van der Waals surface area (Å²) in [7, 11) is 1.15. The predicted octanol–water partition coefficient (Wildman–Crippen LogP) is 1.70. The second-order valence-corrected chi connectivity index (χ2v) is 6.39. The van der Waals surface area contributed by atoms with Crippen LogP contribution in [0.5, 0.6) is 0 Å². The Morgan fingerprint density at radius 3 is 2.54 bits per heavy atom. The Hall–Kier alpha value is -2.74. The van der Waals surface area contributed by atoms with Gasteiger partial charge in [-0.2, -0.15) is 0 Å². The zero-order chi connectivity index (χ0) is 20.1. The standard InChI is InChI=1S/C21H23NO6/c1-26-20(25)21(19(23)24,28-12-11-27-10-9-22)18-8-4-7-16-15-6-3-2-5-14(15)13-17(16)18/h2-8H,9-13,22H2,1H3,(H,23,24). The topological polar surface area (TPSA) is 108 Å². The molecule has 0 radical (unpaired) electrons. The van der Waals surface area contributed by atoms with E-state index in [1.165, 1.54) is 0 Å². The molecule has 1 aliphatic carbocycles. The number of carboxylic acids is 1.